The van der Waals surface area contributed by atoms with Crippen LogP contribution in [0.2, 0.25) is 0 Å². The third-order valence-corrected chi connectivity index (χ3v) is 7.75. The van der Waals surface area contributed by atoms with Crippen molar-refractivity contribution >= 4 is 26.5 Å². The lowest BCUT2D eigenvalue weighted by Crippen LogP contribution is -2.06. The van der Waals surface area contributed by atoms with Crippen LogP contribution < -0.4 is 4.74 Å². The lowest BCUT2D eigenvalue weighted by Gasteiger charge is -2.18. The van der Waals surface area contributed by atoms with Crippen molar-refractivity contribution in [1.29, 1.82) is 0 Å². The van der Waals surface area contributed by atoms with Crippen LogP contribution in [0.25, 0.3) is 22.3 Å². The normalized spacial score (nSPS) is 11.8. The fourth-order valence-electron chi connectivity index (χ4n) is 4.15. The van der Waals surface area contributed by atoms with E-state index in [1.165, 1.54) is 42.5 Å². The van der Waals surface area contributed by atoms with Crippen LogP contribution in [0.4, 0.5) is 0 Å². The van der Waals surface area contributed by atoms with Gasteiger partial charge in [0.05, 0.1) is 5.56 Å². The number of ether oxygens (including phenoxy) is 1. The number of hydrogen-bond donors (Lipinski definition) is 2. The van der Waals surface area contributed by atoms with Gasteiger partial charge in [-0.2, -0.15) is 16.8 Å². The Balaban J connectivity index is 2.06. The molecule has 0 unspecified atom stereocenters. The summed E-state index contributed by atoms with van der Waals surface area (Å²) < 4.78 is 74.7. The predicted octanol–water partition coefficient (Wildman–Crippen LogP) is 5.52. The topological polar surface area (TPSA) is 135 Å². The molecule has 0 heterocycles. The molecule has 4 rings (SSSR count). The highest BCUT2D eigenvalue weighted by Crippen LogP contribution is 2.40. The Kier molecular flexibility index (Phi) is 7.52. The van der Waals surface area contributed by atoms with E-state index in [-0.39, 0.29) is 45.1 Å². The first-order valence-corrected chi connectivity index (χ1v) is 14.2. The van der Waals surface area contributed by atoms with Crippen LogP contribution in [0.1, 0.15) is 27.0 Å². The van der Waals surface area contributed by atoms with E-state index in [4.69, 9.17) is 4.74 Å². The van der Waals surface area contributed by atoms with E-state index in [1.54, 1.807) is 19.9 Å². The number of aryl methyl sites for hydroxylation is 2. The van der Waals surface area contributed by atoms with Gasteiger partial charge in [-0.3, -0.25) is 13.9 Å². The van der Waals surface area contributed by atoms with E-state index < -0.39 is 25.1 Å². The third kappa shape index (κ3) is 5.84. The van der Waals surface area contributed by atoms with E-state index in [1.807, 2.05) is 30.3 Å². The monoisotopic (exact) mass is 552 g/mol. The first-order valence-electron chi connectivity index (χ1n) is 11.4. The highest BCUT2D eigenvalue weighted by atomic mass is 32.2. The molecule has 4 aromatic rings. The minimum Gasteiger partial charge on any atom is -0.488 e. The van der Waals surface area contributed by atoms with Gasteiger partial charge in [0.25, 0.3) is 20.2 Å². The number of hydrogen-bond acceptors (Lipinski definition) is 6. The summed E-state index contributed by atoms with van der Waals surface area (Å²) in [4.78, 5) is 11.6. The number of rotatable bonds is 8. The first-order chi connectivity index (χ1) is 17.9. The van der Waals surface area contributed by atoms with Crippen molar-refractivity contribution in [2.45, 2.75) is 30.2 Å². The minimum absolute atomic E-state index is 0.00115. The van der Waals surface area contributed by atoms with Gasteiger partial charge in [-0.15, -0.1) is 0 Å². The van der Waals surface area contributed by atoms with Crippen molar-refractivity contribution < 1.29 is 35.5 Å². The van der Waals surface area contributed by atoms with Crippen LogP contribution in [0.15, 0.2) is 88.7 Å². The largest absolute Gasteiger partial charge is 0.488 e. The van der Waals surface area contributed by atoms with Gasteiger partial charge < -0.3 is 4.74 Å². The highest BCUT2D eigenvalue weighted by Gasteiger charge is 2.24. The molecule has 196 valence electrons. The van der Waals surface area contributed by atoms with E-state index >= 15 is 0 Å². The van der Waals surface area contributed by atoms with E-state index in [2.05, 4.69) is 0 Å². The lowest BCUT2D eigenvalue weighted by molar-refractivity contribution is 0.111. The fourth-order valence-corrected chi connectivity index (χ4v) is 5.54. The van der Waals surface area contributed by atoms with Crippen LogP contribution in [0, 0.1) is 13.8 Å². The third-order valence-electron chi connectivity index (χ3n) is 5.92. The molecule has 0 atom stereocenters. The average molecular weight is 553 g/mol. The van der Waals surface area contributed by atoms with Crippen molar-refractivity contribution in [2.24, 2.45) is 0 Å². The molecule has 38 heavy (non-hydrogen) atoms. The standard InChI is InChI=1S/C28H24O8S2/c1-18-8-10-27(37(30,31)32)22(12-18)21-14-23(24-13-19(2)9-11-28(24)38(33,34)35)25(16-29)26(15-21)36-17-20-6-4-3-5-7-20/h3-16H,17H2,1-2H3,(H,30,31,32)(H,33,34,35). The summed E-state index contributed by atoms with van der Waals surface area (Å²) in [6, 6.07) is 20.6. The molecule has 0 aliphatic heterocycles. The molecule has 0 aliphatic rings. The maximum absolute atomic E-state index is 12.4. The Hall–Kier alpha value is -3.83. The fraction of sp³-hybridized carbons (Fsp3) is 0.107. The second-order valence-corrected chi connectivity index (χ2v) is 11.6. The SMILES string of the molecule is Cc1ccc(S(=O)(=O)O)c(-c2cc(OCc3ccccc3)c(C=O)c(-c3cc(C)ccc3S(=O)(=O)O)c2)c1. The molecule has 0 spiro atoms. The quantitative estimate of drug-likeness (QED) is 0.215. The maximum Gasteiger partial charge on any atom is 0.295 e. The summed E-state index contributed by atoms with van der Waals surface area (Å²) in [5.74, 6) is 0.0574. The molecule has 8 nitrogen and oxygen atoms in total. The summed E-state index contributed by atoms with van der Waals surface area (Å²) in [7, 11) is -9.34. The van der Waals surface area contributed by atoms with Gasteiger partial charge in [0.15, 0.2) is 6.29 Å². The van der Waals surface area contributed by atoms with Crippen LogP contribution in [0.3, 0.4) is 0 Å². The molecule has 0 radical (unpaired) electrons. The summed E-state index contributed by atoms with van der Waals surface area (Å²) in [5, 5.41) is 0. The van der Waals surface area contributed by atoms with Gasteiger partial charge in [-0.1, -0.05) is 65.7 Å². The molecular weight excluding hydrogens is 528 g/mol. The van der Waals surface area contributed by atoms with Gasteiger partial charge in [0.1, 0.15) is 22.1 Å². The Morgan fingerprint density at radius 2 is 1.26 bits per heavy atom. The Labute approximate surface area is 221 Å². The zero-order valence-electron chi connectivity index (χ0n) is 20.5. The Morgan fingerprint density at radius 3 is 1.82 bits per heavy atom. The van der Waals surface area contributed by atoms with Gasteiger partial charge in [0.2, 0.25) is 0 Å². The molecule has 0 bridgehead atoms. The highest BCUT2D eigenvalue weighted by molar-refractivity contribution is 7.86. The van der Waals surface area contributed by atoms with Crippen molar-refractivity contribution in [3.63, 3.8) is 0 Å². The zero-order valence-corrected chi connectivity index (χ0v) is 22.1. The zero-order chi connectivity index (χ0) is 27.7. The molecule has 0 saturated heterocycles. The molecule has 0 aliphatic carbocycles. The van der Waals surface area contributed by atoms with Crippen molar-refractivity contribution in [1.82, 2.24) is 0 Å². The average Bonchev–Trinajstić information content (AvgIpc) is 2.86. The van der Waals surface area contributed by atoms with Crippen molar-refractivity contribution in [3.05, 3.63) is 101 Å². The second kappa shape index (κ2) is 10.5. The smallest absolute Gasteiger partial charge is 0.295 e. The van der Waals surface area contributed by atoms with Gasteiger partial charge in [0, 0.05) is 11.1 Å². The van der Waals surface area contributed by atoms with Gasteiger partial charge >= 0.3 is 0 Å². The molecular formula is C28H24O8S2. The molecule has 0 aromatic heterocycles. The summed E-state index contributed by atoms with van der Waals surface area (Å²) in [6.07, 6.45) is 0.509. The number of benzene rings is 4. The summed E-state index contributed by atoms with van der Waals surface area (Å²) in [6.45, 7) is 3.51. The van der Waals surface area contributed by atoms with Gasteiger partial charge in [-0.05, 0) is 54.8 Å². The Bertz CT molecular complexity index is 1740. The van der Waals surface area contributed by atoms with Gasteiger partial charge in [-0.25, -0.2) is 0 Å². The number of carbonyl (C=O) groups excluding carboxylic acids is 1. The molecule has 0 amide bonds. The molecule has 0 fully saturated rings. The Morgan fingerprint density at radius 1 is 0.711 bits per heavy atom. The van der Waals surface area contributed by atoms with E-state index in [0.29, 0.717) is 17.4 Å². The predicted molar refractivity (Wildman–Crippen MR) is 143 cm³/mol. The minimum atomic E-state index is -4.70. The van der Waals surface area contributed by atoms with Crippen molar-refractivity contribution in [3.8, 4) is 28.0 Å². The summed E-state index contributed by atoms with van der Waals surface area (Å²) in [5.41, 5.74) is 2.62. The lowest BCUT2D eigenvalue weighted by atomic mass is 9.93. The number of carbonyl (C=O) groups is 1. The molecule has 4 aromatic carbocycles. The second-order valence-electron chi connectivity index (χ2n) is 8.78. The van der Waals surface area contributed by atoms with Crippen LogP contribution in [-0.4, -0.2) is 32.2 Å². The number of aldehydes is 1. The van der Waals surface area contributed by atoms with Crippen molar-refractivity contribution in [2.75, 3.05) is 0 Å². The molecule has 10 heteroatoms. The van der Waals surface area contributed by atoms with E-state index in [0.717, 1.165) is 5.56 Å². The maximum atomic E-state index is 12.4. The van der Waals surface area contributed by atoms with Crippen LogP contribution in [0.5, 0.6) is 5.75 Å². The molecule has 2 N–H and O–H groups in total. The van der Waals surface area contributed by atoms with Crippen LogP contribution in [-0.2, 0) is 26.8 Å². The summed E-state index contributed by atoms with van der Waals surface area (Å²) >= 11 is 0. The molecule has 0 saturated carbocycles. The van der Waals surface area contributed by atoms with E-state index in [9.17, 15) is 30.7 Å². The first kappa shape index (κ1) is 27.2. The van der Waals surface area contributed by atoms with Crippen LogP contribution >= 0.6 is 0 Å².